The molecule has 1 aromatic carbocycles. The summed E-state index contributed by atoms with van der Waals surface area (Å²) in [6.07, 6.45) is 9.28. The van der Waals surface area contributed by atoms with Gasteiger partial charge in [0.2, 0.25) is 15.9 Å². The summed E-state index contributed by atoms with van der Waals surface area (Å²) in [5.41, 5.74) is 1.29. The Morgan fingerprint density at radius 3 is 2.33 bits per heavy atom. The summed E-state index contributed by atoms with van der Waals surface area (Å²) in [5, 5.41) is 3.59. The van der Waals surface area contributed by atoms with Crippen LogP contribution in [0.3, 0.4) is 0 Å². The molecule has 0 radical (unpaired) electrons. The number of hydrogen-bond donors (Lipinski definition) is 1. The molecule has 1 N–H and O–H groups in total. The van der Waals surface area contributed by atoms with E-state index in [0.717, 1.165) is 37.5 Å². The summed E-state index contributed by atoms with van der Waals surface area (Å²) in [5.74, 6) is -0.231. The molecule has 1 aliphatic carbocycles. The third-order valence-corrected chi connectivity index (χ3v) is 6.78. The molecule has 0 bridgehead atoms. The van der Waals surface area contributed by atoms with Crippen molar-refractivity contribution in [3.63, 3.8) is 0 Å². The van der Waals surface area contributed by atoms with Crippen molar-refractivity contribution in [1.29, 1.82) is 0 Å². The van der Waals surface area contributed by atoms with Crippen molar-refractivity contribution in [3.05, 3.63) is 28.8 Å². The van der Waals surface area contributed by atoms with Crippen LogP contribution in [0.2, 0.25) is 5.02 Å². The molecule has 0 aliphatic heterocycles. The van der Waals surface area contributed by atoms with Gasteiger partial charge < -0.3 is 5.32 Å². The maximum absolute atomic E-state index is 13.0. The number of nitrogens with one attached hydrogen (secondary N) is 1. The summed E-state index contributed by atoms with van der Waals surface area (Å²) in [4.78, 5) is 13.0. The van der Waals surface area contributed by atoms with Gasteiger partial charge in [0.15, 0.2) is 0 Å². The molecule has 1 aliphatic rings. The number of aryl methyl sites for hydroxylation is 1. The highest BCUT2D eigenvalue weighted by molar-refractivity contribution is 7.92. The number of rotatable bonds is 6. The molecule has 0 heterocycles. The molecule has 0 saturated heterocycles. The molecule has 0 unspecified atom stereocenters. The van der Waals surface area contributed by atoms with Crippen molar-refractivity contribution in [3.8, 4) is 0 Å². The first-order valence-corrected chi connectivity index (χ1v) is 12.0. The second kappa shape index (κ2) is 9.78. The zero-order valence-corrected chi connectivity index (χ0v) is 18.1. The van der Waals surface area contributed by atoms with E-state index in [1.165, 1.54) is 23.6 Å². The van der Waals surface area contributed by atoms with E-state index in [9.17, 15) is 13.2 Å². The lowest BCUT2D eigenvalue weighted by molar-refractivity contribution is -0.123. The van der Waals surface area contributed by atoms with Crippen LogP contribution < -0.4 is 9.62 Å². The van der Waals surface area contributed by atoms with E-state index >= 15 is 0 Å². The van der Waals surface area contributed by atoms with Crippen LogP contribution in [0.15, 0.2) is 18.2 Å². The smallest absolute Gasteiger partial charge is 0.244 e. The van der Waals surface area contributed by atoms with Crippen molar-refractivity contribution in [2.24, 2.45) is 0 Å². The fraction of sp³-hybridized carbons (Fsp3) is 0.650. The number of nitrogens with zero attached hydrogens (tertiary/aromatic N) is 1. The van der Waals surface area contributed by atoms with Crippen molar-refractivity contribution in [1.82, 2.24) is 5.32 Å². The number of anilines is 1. The van der Waals surface area contributed by atoms with Crippen LogP contribution in [-0.2, 0) is 14.8 Å². The summed E-state index contributed by atoms with van der Waals surface area (Å²) < 4.78 is 26.3. The highest BCUT2D eigenvalue weighted by Crippen LogP contribution is 2.28. The average molecular weight is 415 g/mol. The van der Waals surface area contributed by atoms with E-state index in [0.29, 0.717) is 17.1 Å². The molecule has 1 atom stereocenters. The van der Waals surface area contributed by atoms with Crippen molar-refractivity contribution in [2.45, 2.75) is 77.3 Å². The predicted octanol–water partition coefficient (Wildman–Crippen LogP) is 4.42. The third-order valence-electron chi connectivity index (χ3n) is 5.19. The largest absolute Gasteiger partial charge is 0.352 e. The summed E-state index contributed by atoms with van der Waals surface area (Å²) in [7, 11) is -3.64. The Kier molecular flexibility index (Phi) is 7.98. The van der Waals surface area contributed by atoms with Gasteiger partial charge in [-0.2, -0.15) is 0 Å². The predicted molar refractivity (Wildman–Crippen MR) is 112 cm³/mol. The number of halogens is 1. The van der Waals surface area contributed by atoms with Crippen LogP contribution in [0.25, 0.3) is 0 Å². The Hall–Kier alpha value is -1.27. The van der Waals surface area contributed by atoms with Crippen molar-refractivity contribution < 1.29 is 13.2 Å². The van der Waals surface area contributed by atoms with Crippen LogP contribution in [0.1, 0.15) is 63.9 Å². The zero-order valence-electron chi connectivity index (χ0n) is 16.5. The molecular formula is C20H31ClN2O3S. The Morgan fingerprint density at radius 2 is 1.81 bits per heavy atom. The number of amides is 1. The minimum atomic E-state index is -3.64. The van der Waals surface area contributed by atoms with Gasteiger partial charge in [-0.25, -0.2) is 8.42 Å². The number of carbonyl (C=O) groups is 1. The van der Waals surface area contributed by atoms with Crippen molar-refractivity contribution in [2.75, 3.05) is 10.6 Å². The summed E-state index contributed by atoms with van der Waals surface area (Å²) in [6.45, 7) is 3.69. The van der Waals surface area contributed by atoms with Gasteiger partial charge in [0.1, 0.15) is 6.04 Å². The average Bonchev–Trinajstić information content (AvgIpc) is 2.56. The van der Waals surface area contributed by atoms with E-state index < -0.39 is 16.1 Å². The van der Waals surface area contributed by atoms with Crippen molar-refractivity contribution >= 4 is 33.2 Å². The number of carbonyl (C=O) groups excluding carboxylic acids is 1. The minimum absolute atomic E-state index is 0.120. The number of sulfonamides is 1. The third kappa shape index (κ3) is 6.11. The van der Waals surface area contributed by atoms with Gasteiger partial charge in [0.25, 0.3) is 0 Å². The highest BCUT2D eigenvalue weighted by Gasteiger charge is 2.32. The molecule has 1 aromatic rings. The van der Waals surface area contributed by atoms with E-state index in [-0.39, 0.29) is 11.9 Å². The first-order chi connectivity index (χ1) is 12.7. The Labute approximate surface area is 168 Å². The van der Waals surface area contributed by atoms with Crippen LogP contribution in [0, 0.1) is 6.92 Å². The molecular weight excluding hydrogens is 384 g/mol. The molecule has 1 fully saturated rings. The van der Waals surface area contributed by atoms with Gasteiger partial charge in [-0.05, 0) is 43.9 Å². The Bertz CT molecular complexity index is 744. The molecule has 27 heavy (non-hydrogen) atoms. The molecule has 5 nitrogen and oxygen atoms in total. The molecule has 2 rings (SSSR count). The van der Waals surface area contributed by atoms with Gasteiger partial charge in [-0.15, -0.1) is 0 Å². The van der Waals surface area contributed by atoms with Gasteiger partial charge in [-0.3, -0.25) is 9.10 Å². The molecule has 1 amide bonds. The lowest BCUT2D eigenvalue weighted by Gasteiger charge is -2.32. The second-order valence-electron chi connectivity index (χ2n) is 7.47. The monoisotopic (exact) mass is 414 g/mol. The molecule has 1 saturated carbocycles. The lowest BCUT2D eigenvalue weighted by atomic mass is 9.96. The lowest BCUT2D eigenvalue weighted by Crippen LogP contribution is -2.51. The highest BCUT2D eigenvalue weighted by atomic mass is 35.5. The fourth-order valence-electron chi connectivity index (χ4n) is 3.68. The molecule has 7 heteroatoms. The van der Waals surface area contributed by atoms with Gasteiger partial charge in [-0.1, -0.05) is 56.7 Å². The fourth-order valence-corrected chi connectivity index (χ4v) is 5.06. The first kappa shape index (κ1) is 22.0. The van der Waals surface area contributed by atoms with E-state index in [1.54, 1.807) is 18.2 Å². The molecule has 0 aromatic heterocycles. The summed E-state index contributed by atoms with van der Waals surface area (Å²) >= 11 is 6.20. The van der Waals surface area contributed by atoms with Crippen LogP contribution in [0.5, 0.6) is 0 Å². The molecule has 0 spiro atoms. The topological polar surface area (TPSA) is 66.5 Å². The van der Waals surface area contributed by atoms with Gasteiger partial charge in [0, 0.05) is 11.1 Å². The zero-order chi connectivity index (χ0) is 20.0. The second-order valence-corrected chi connectivity index (χ2v) is 9.73. The SMILES string of the molecule is CC[C@H](C(=O)NC1CCCCCCC1)N(c1ccc(C)c(Cl)c1)S(C)(=O)=O. The summed E-state index contributed by atoms with van der Waals surface area (Å²) in [6, 6.07) is 4.42. The Morgan fingerprint density at radius 1 is 1.22 bits per heavy atom. The minimum Gasteiger partial charge on any atom is -0.352 e. The van der Waals surface area contributed by atoms with E-state index in [2.05, 4.69) is 5.32 Å². The maximum atomic E-state index is 13.0. The molecule has 152 valence electrons. The van der Waals surface area contributed by atoms with Gasteiger partial charge in [0.05, 0.1) is 11.9 Å². The van der Waals surface area contributed by atoms with Crippen LogP contribution in [0.4, 0.5) is 5.69 Å². The quantitative estimate of drug-likeness (QED) is 0.749. The van der Waals surface area contributed by atoms with Crippen LogP contribution >= 0.6 is 11.6 Å². The standard InChI is InChI=1S/C20H31ClN2O3S/c1-4-19(20(24)22-16-10-8-6-5-7-9-11-16)23(27(3,25)26)17-13-12-15(2)18(21)14-17/h12-14,16,19H,4-11H2,1-3H3,(H,22,24)/t19-/m1/s1. The number of hydrogen-bond acceptors (Lipinski definition) is 3. The van der Waals surface area contributed by atoms with E-state index in [4.69, 9.17) is 11.6 Å². The Balaban J connectivity index is 2.25. The maximum Gasteiger partial charge on any atom is 0.244 e. The number of benzene rings is 1. The van der Waals surface area contributed by atoms with Crippen LogP contribution in [-0.4, -0.2) is 32.7 Å². The normalized spacial score (nSPS) is 17.6. The first-order valence-electron chi connectivity index (χ1n) is 9.80. The van der Waals surface area contributed by atoms with Gasteiger partial charge >= 0.3 is 0 Å². The van der Waals surface area contributed by atoms with E-state index in [1.807, 2.05) is 13.8 Å².